The van der Waals surface area contributed by atoms with E-state index in [2.05, 4.69) is 15.6 Å². The Morgan fingerprint density at radius 1 is 1.61 bits per heavy atom. The number of carbonyl (C=O) groups excluding carboxylic acids is 1. The molecule has 0 saturated carbocycles. The summed E-state index contributed by atoms with van der Waals surface area (Å²) in [5, 5.41) is 7.20. The van der Waals surface area contributed by atoms with E-state index in [0.29, 0.717) is 26.3 Å². The Labute approximate surface area is 111 Å². The molecule has 1 aliphatic heterocycles. The molecule has 1 aromatic heterocycles. The van der Waals surface area contributed by atoms with Gasteiger partial charge >= 0.3 is 0 Å². The van der Waals surface area contributed by atoms with E-state index in [-0.39, 0.29) is 11.8 Å². The van der Waals surface area contributed by atoms with E-state index >= 15 is 0 Å². The normalized spacial score (nSPS) is 20.4. The fourth-order valence-corrected chi connectivity index (χ4v) is 2.80. The standard InChI is InChI=1S/C12H19N3O2S/c1-8-11(18-9(2)15-8)6-14-12(16)10-5-13-3-4-17-7-10/h10,13H,3-7H2,1-2H3,(H,14,16). The smallest absolute Gasteiger partial charge is 0.227 e. The van der Waals surface area contributed by atoms with Crippen LogP contribution in [-0.4, -0.2) is 37.2 Å². The summed E-state index contributed by atoms with van der Waals surface area (Å²) in [6.45, 7) is 7.19. The van der Waals surface area contributed by atoms with Crippen LogP contribution in [0.4, 0.5) is 0 Å². The van der Waals surface area contributed by atoms with Crippen LogP contribution in [-0.2, 0) is 16.1 Å². The van der Waals surface area contributed by atoms with Gasteiger partial charge in [-0.3, -0.25) is 4.79 Å². The van der Waals surface area contributed by atoms with Crippen LogP contribution in [0.3, 0.4) is 0 Å². The van der Waals surface area contributed by atoms with Crippen LogP contribution in [0.5, 0.6) is 0 Å². The number of hydrogen-bond acceptors (Lipinski definition) is 5. The second kappa shape index (κ2) is 6.26. The van der Waals surface area contributed by atoms with E-state index in [4.69, 9.17) is 4.74 Å². The molecule has 0 bridgehead atoms. The molecule has 1 aliphatic rings. The lowest BCUT2D eigenvalue weighted by Gasteiger charge is -2.13. The summed E-state index contributed by atoms with van der Waals surface area (Å²) in [4.78, 5) is 17.5. The first-order valence-corrected chi connectivity index (χ1v) is 6.97. The first-order valence-electron chi connectivity index (χ1n) is 6.16. The number of carbonyl (C=O) groups is 1. The molecule has 2 N–H and O–H groups in total. The largest absolute Gasteiger partial charge is 0.379 e. The average Bonchev–Trinajstić information content (AvgIpc) is 2.59. The van der Waals surface area contributed by atoms with Gasteiger partial charge in [0.25, 0.3) is 0 Å². The second-order valence-electron chi connectivity index (χ2n) is 4.44. The summed E-state index contributed by atoms with van der Waals surface area (Å²) in [7, 11) is 0. The van der Waals surface area contributed by atoms with Gasteiger partial charge in [-0.05, 0) is 13.8 Å². The topological polar surface area (TPSA) is 63.2 Å². The van der Waals surface area contributed by atoms with Crippen LogP contribution in [0.1, 0.15) is 15.6 Å². The third-order valence-electron chi connectivity index (χ3n) is 2.93. The van der Waals surface area contributed by atoms with Crippen molar-refractivity contribution in [3.05, 3.63) is 15.6 Å². The zero-order valence-electron chi connectivity index (χ0n) is 10.8. The maximum Gasteiger partial charge on any atom is 0.227 e. The van der Waals surface area contributed by atoms with Gasteiger partial charge in [0.2, 0.25) is 5.91 Å². The molecule has 2 heterocycles. The number of nitrogens with zero attached hydrogens (tertiary/aromatic N) is 1. The number of aryl methyl sites for hydroxylation is 2. The van der Waals surface area contributed by atoms with Crippen molar-refractivity contribution in [2.45, 2.75) is 20.4 Å². The van der Waals surface area contributed by atoms with Gasteiger partial charge in [0.05, 0.1) is 36.4 Å². The van der Waals surface area contributed by atoms with Crippen molar-refractivity contribution >= 4 is 17.2 Å². The van der Waals surface area contributed by atoms with Gasteiger partial charge in [-0.25, -0.2) is 4.98 Å². The maximum atomic E-state index is 12.0. The van der Waals surface area contributed by atoms with E-state index in [1.54, 1.807) is 11.3 Å². The maximum absolute atomic E-state index is 12.0. The fraction of sp³-hybridized carbons (Fsp3) is 0.667. The Hall–Kier alpha value is -0.980. The van der Waals surface area contributed by atoms with Crippen LogP contribution in [0, 0.1) is 19.8 Å². The van der Waals surface area contributed by atoms with Crippen molar-refractivity contribution in [1.29, 1.82) is 0 Å². The molecule has 1 saturated heterocycles. The van der Waals surface area contributed by atoms with Crippen LogP contribution < -0.4 is 10.6 Å². The molecule has 100 valence electrons. The van der Waals surface area contributed by atoms with E-state index in [1.807, 2.05) is 13.8 Å². The number of amides is 1. The molecule has 1 fully saturated rings. The van der Waals surface area contributed by atoms with E-state index < -0.39 is 0 Å². The molecule has 1 atom stereocenters. The lowest BCUT2D eigenvalue weighted by molar-refractivity contribution is -0.126. The molecule has 5 nitrogen and oxygen atoms in total. The summed E-state index contributed by atoms with van der Waals surface area (Å²) < 4.78 is 5.38. The Balaban J connectivity index is 1.85. The summed E-state index contributed by atoms with van der Waals surface area (Å²) in [5.41, 5.74) is 1.01. The van der Waals surface area contributed by atoms with Crippen LogP contribution >= 0.6 is 11.3 Å². The van der Waals surface area contributed by atoms with E-state index in [1.165, 1.54) is 0 Å². The highest BCUT2D eigenvalue weighted by molar-refractivity contribution is 7.11. The molecule has 2 rings (SSSR count). The van der Waals surface area contributed by atoms with Gasteiger partial charge in [-0.15, -0.1) is 11.3 Å². The Kier molecular flexibility index (Phi) is 4.68. The molecule has 1 amide bonds. The highest BCUT2D eigenvalue weighted by Crippen LogP contribution is 2.16. The zero-order chi connectivity index (χ0) is 13.0. The molecule has 18 heavy (non-hydrogen) atoms. The monoisotopic (exact) mass is 269 g/mol. The SMILES string of the molecule is Cc1nc(C)c(CNC(=O)C2CNCCOC2)s1. The van der Waals surface area contributed by atoms with Crippen molar-refractivity contribution < 1.29 is 9.53 Å². The fourth-order valence-electron chi connectivity index (χ4n) is 1.92. The minimum atomic E-state index is -0.0955. The third kappa shape index (κ3) is 3.51. The van der Waals surface area contributed by atoms with Gasteiger partial charge in [0.1, 0.15) is 0 Å². The van der Waals surface area contributed by atoms with Crippen LogP contribution in [0.25, 0.3) is 0 Å². The molecular weight excluding hydrogens is 250 g/mol. The number of ether oxygens (including phenoxy) is 1. The second-order valence-corrected chi connectivity index (χ2v) is 5.72. The first-order chi connectivity index (χ1) is 8.66. The molecule has 0 aliphatic carbocycles. The third-order valence-corrected chi connectivity index (χ3v) is 4.00. The van der Waals surface area contributed by atoms with Gasteiger partial charge in [-0.1, -0.05) is 0 Å². The number of aromatic nitrogens is 1. The summed E-state index contributed by atoms with van der Waals surface area (Å²) in [6, 6.07) is 0. The van der Waals surface area contributed by atoms with Crippen molar-refractivity contribution in [3.63, 3.8) is 0 Å². The van der Waals surface area contributed by atoms with Crippen LogP contribution in [0.15, 0.2) is 0 Å². The number of rotatable bonds is 3. The van der Waals surface area contributed by atoms with E-state index in [9.17, 15) is 4.79 Å². The minimum absolute atomic E-state index is 0.0508. The molecule has 0 spiro atoms. The number of thiazole rings is 1. The molecule has 1 aromatic rings. The van der Waals surface area contributed by atoms with E-state index in [0.717, 1.165) is 22.1 Å². The van der Waals surface area contributed by atoms with Crippen molar-refractivity contribution in [1.82, 2.24) is 15.6 Å². The Bertz CT molecular complexity index is 411. The molecule has 0 radical (unpaired) electrons. The van der Waals surface area contributed by atoms with Crippen molar-refractivity contribution in [2.75, 3.05) is 26.3 Å². The molecular formula is C12H19N3O2S. The van der Waals surface area contributed by atoms with Crippen LogP contribution in [0.2, 0.25) is 0 Å². The predicted octanol–water partition coefficient (Wildman–Crippen LogP) is 0.612. The van der Waals surface area contributed by atoms with Crippen molar-refractivity contribution in [2.24, 2.45) is 5.92 Å². The summed E-state index contributed by atoms with van der Waals surface area (Å²) in [5.74, 6) is -0.0447. The van der Waals surface area contributed by atoms with Gasteiger partial charge in [0, 0.05) is 18.0 Å². The predicted molar refractivity (Wildman–Crippen MR) is 70.6 cm³/mol. The molecule has 6 heteroatoms. The number of nitrogens with one attached hydrogen (secondary N) is 2. The lowest BCUT2D eigenvalue weighted by atomic mass is 10.1. The molecule has 0 aromatic carbocycles. The summed E-state index contributed by atoms with van der Waals surface area (Å²) >= 11 is 1.63. The zero-order valence-corrected chi connectivity index (χ0v) is 11.6. The summed E-state index contributed by atoms with van der Waals surface area (Å²) in [6.07, 6.45) is 0. The lowest BCUT2D eigenvalue weighted by Crippen LogP contribution is -2.37. The Morgan fingerprint density at radius 2 is 2.44 bits per heavy atom. The van der Waals surface area contributed by atoms with Gasteiger partial charge < -0.3 is 15.4 Å². The minimum Gasteiger partial charge on any atom is -0.379 e. The first kappa shape index (κ1) is 13.5. The Morgan fingerprint density at radius 3 is 3.17 bits per heavy atom. The average molecular weight is 269 g/mol. The quantitative estimate of drug-likeness (QED) is 0.844. The van der Waals surface area contributed by atoms with Gasteiger partial charge in [0.15, 0.2) is 0 Å². The van der Waals surface area contributed by atoms with Gasteiger partial charge in [-0.2, -0.15) is 0 Å². The van der Waals surface area contributed by atoms with Crippen molar-refractivity contribution in [3.8, 4) is 0 Å². The highest BCUT2D eigenvalue weighted by Gasteiger charge is 2.20. The molecule has 1 unspecified atom stereocenters. The number of hydrogen-bond donors (Lipinski definition) is 2. The highest BCUT2D eigenvalue weighted by atomic mass is 32.1.